The third-order valence-electron chi connectivity index (χ3n) is 18.8. The quantitative estimate of drug-likeness (QED) is 0.0195. The minimum absolute atomic E-state index is 0.0276. The Morgan fingerprint density at radius 3 is 0.862 bits per heavy atom. The summed E-state index contributed by atoms with van der Waals surface area (Å²) in [6, 6.07) is 0. The Morgan fingerprint density at radius 1 is 0.330 bits per heavy atom. The maximum absolute atomic E-state index is 12.9. The van der Waals surface area contributed by atoms with Gasteiger partial charge in [0.25, 0.3) is 7.82 Å². The number of quaternary nitrogens is 1. The monoisotopic (exact) mass is 1340 g/mol. The van der Waals surface area contributed by atoms with Gasteiger partial charge in [-0.2, -0.15) is 0 Å². The van der Waals surface area contributed by atoms with Crippen molar-refractivity contribution < 1.29 is 42.1 Å². The van der Waals surface area contributed by atoms with E-state index in [0.29, 0.717) is 17.4 Å². The molecule has 0 N–H and O–H groups in total. The molecule has 9 nitrogen and oxygen atoms in total. The van der Waals surface area contributed by atoms with Crippen molar-refractivity contribution in [3.8, 4) is 0 Å². The molecular formula is C84H160NO8P. The van der Waals surface area contributed by atoms with Gasteiger partial charge < -0.3 is 27.9 Å². The number of allylic oxidation sites excluding steroid dienone is 8. The predicted octanol–water partition coefficient (Wildman–Crippen LogP) is 26.9. The van der Waals surface area contributed by atoms with Gasteiger partial charge in [-0.15, -0.1) is 0 Å². The molecule has 2 unspecified atom stereocenters. The number of rotatable bonds is 78. The van der Waals surface area contributed by atoms with Gasteiger partial charge in [0, 0.05) is 12.8 Å². The highest BCUT2D eigenvalue weighted by Gasteiger charge is 2.22. The molecule has 0 fully saturated rings. The summed E-state index contributed by atoms with van der Waals surface area (Å²) in [5.74, 6) is -0.808. The van der Waals surface area contributed by atoms with Crippen molar-refractivity contribution in [2.45, 2.75) is 431 Å². The van der Waals surface area contributed by atoms with Crippen molar-refractivity contribution in [1.82, 2.24) is 0 Å². The highest BCUT2D eigenvalue weighted by Crippen LogP contribution is 2.38. The zero-order valence-corrected chi connectivity index (χ0v) is 64.3. The summed E-state index contributed by atoms with van der Waals surface area (Å²) in [5.41, 5.74) is 0. The van der Waals surface area contributed by atoms with Gasteiger partial charge in [0.1, 0.15) is 19.8 Å². The fourth-order valence-electron chi connectivity index (χ4n) is 12.5. The van der Waals surface area contributed by atoms with Gasteiger partial charge in [-0.25, -0.2) is 0 Å². The van der Waals surface area contributed by atoms with Crippen molar-refractivity contribution in [1.29, 1.82) is 0 Å². The molecule has 0 aromatic carbocycles. The topological polar surface area (TPSA) is 111 Å². The second kappa shape index (κ2) is 75.2. The molecule has 0 rings (SSSR count). The molecule has 0 aliphatic carbocycles. The molecule has 0 saturated carbocycles. The van der Waals surface area contributed by atoms with E-state index in [-0.39, 0.29) is 32.0 Å². The Labute approximate surface area is 585 Å². The van der Waals surface area contributed by atoms with E-state index < -0.39 is 26.5 Å². The van der Waals surface area contributed by atoms with Gasteiger partial charge in [0.05, 0.1) is 27.7 Å². The SMILES string of the molecule is CCCCCCC/C=C\C/C=C\C/C=C\CCCCCCCCCCCCCCCCCCCCCCCCCCCCC(=O)OC(COC(=O)CCCCCCCCCCCCCCCCCCC/C=C\CCCCCCCCCC)COP(=O)([O-])OCC[N+](C)(C)C. The van der Waals surface area contributed by atoms with Crippen LogP contribution in [0, 0.1) is 0 Å². The van der Waals surface area contributed by atoms with Crippen LogP contribution in [0.2, 0.25) is 0 Å². The van der Waals surface area contributed by atoms with E-state index in [1.54, 1.807) is 0 Å². The van der Waals surface area contributed by atoms with Crippen molar-refractivity contribution in [3.05, 3.63) is 48.6 Å². The molecule has 0 aliphatic heterocycles. The second-order valence-corrected chi connectivity index (χ2v) is 30.9. The molecule has 10 heteroatoms. The lowest BCUT2D eigenvalue weighted by atomic mass is 10.0. The molecule has 0 aromatic rings. The first-order chi connectivity index (χ1) is 46.0. The van der Waals surface area contributed by atoms with Gasteiger partial charge in [-0.1, -0.05) is 383 Å². The lowest BCUT2D eigenvalue weighted by Gasteiger charge is -2.28. The molecule has 0 saturated heterocycles. The molecule has 0 aromatic heterocycles. The van der Waals surface area contributed by atoms with Crippen LogP contribution in [0.5, 0.6) is 0 Å². The first-order valence-corrected chi connectivity index (χ1v) is 42.8. The van der Waals surface area contributed by atoms with Gasteiger partial charge in [0.2, 0.25) is 0 Å². The second-order valence-electron chi connectivity index (χ2n) is 29.5. The van der Waals surface area contributed by atoms with Gasteiger partial charge >= 0.3 is 11.9 Å². The minimum Gasteiger partial charge on any atom is -0.756 e. The third kappa shape index (κ3) is 79.0. The Hall–Kier alpha value is -2.03. The van der Waals surface area contributed by atoms with Crippen LogP contribution < -0.4 is 4.89 Å². The molecule has 0 radical (unpaired) electrons. The first-order valence-electron chi connectivity index (χ1n) is 41.3. The largest absolute Gasteiger partial charge is 0.756 e. The fraction of sp³-hybridized carbons (Fsp3) is 0.881. The standard InChI is InChI=1S/C84H160NO8P/c1-6-8-10-12-14-16-18-20-22-24-26-28-30-32-34-36-37-38-39-40-41-42-43-44-45-46-47-49-51-53-55-57-59-61-63-65-67-69-71-73-75-77-84(87)93-82(81-92-94(88,89)91-79-78-85(3,4)5)80-90-83(86)76-74-72-70-68-66-64-62-60-58-56-54-52-50-48-35-33-31-29-27-25-23-21-19-17-15-13-11-9-7-2/h18,20,24-27,30,32,82H,6-17,19,21-23,28-29,31,33-81H2,1-5H3/b20-18-,26-24-,27-25-,32-30-. The molecule has 554 valence electrons. The molecule has 94 heavy (non-hydrogen) atoms. The van der Waals surface area contributed by atoms with Crippen molar-refractivity contribution >= 4 is 19.8 Å². The Bertz CT molecular complexity index is 1720. The molecule has 0 amide bonds. The van der Waals surface area contributed by atoms with E-state index in [1.165, 1.54) is 347 Å². The van der Waals surface area contributed by atoms with Gasteiger partial charge in [-0.05, 0) is 77.0 Å². The summed E-state index contributed by atoms with van der Waals surface area (Å²) in [5, 5.41) is 0. The third-order valence-corrected chi connectivity index (χ3v) is 19.8. The van der Waals surface area contributed by atoms with Gasteiger partial charge in [-0.3, -0.25) is 14.2 Å². The van der Waals surface area contributed by atoms with Crippen LogP contribution in [0.1, 0.15) is 425 Å². The molecule has 0 heterocycles. The van der Waals surface area contributed by atoms with Crippen LogP contribution in [0.25, 0.3) is 0 Å². The molecular weight excluding hydrogens is 1180 g/mol. The van der Waals surface area contributed by atoms with Gasteiger partial charge in [0.15, 0.2) is 6.10 Å². The van der Waals surface area contributed by atoms with E-state index in [9.17, 15) is 19.0 Å². The number of phosphoric ester groups is 1. The number of esters is 2. The summed E-state index contributed by atoms with van der Waals surface area (Å²) in [7, 11) is 1.19. The van der Waals surface area contributed by atoms with E-state index in [4.69, 9.17) is 18.5 Å². The molecule has 0 aliphatic rings. The van der Waals surface area contributed by atoms with Crippen LogP contribution >= 0.6 is 7.82 Å². The van der Waals surface area contributed by atoms with Crippen LogP contribution in [0.4, 0.5) is 0 Å². The number of likely N-dealkylation sites (N-methyl/N-ethyl adjacent to an activating group) is 1. The number of carbonyl (C=O) groups is 2. The van der Waals surface area contributed by atoms with Crippen molar-refractivity contribution in [2.24, 2.45) is 0 Å². The van der Waals surface area contributed by atoms with Crippen molar-refractivity contribution in [2.75, 3.05) is 47.5 Å². The number of unbranched alkanes of at least 4 members (excludes halogenated alkanes) is 56. The normalized spacial score (nSPS) is 13.2. The fourth-order valence-corrected chi connectivity index (χ4v) is 13.2. The van der Waals surface area contributed by atoms with E-state index >= 15 is 0 Å². The summed E-state index contributed by atoms with van der Waals surface area (Å²) < 4.78 is 34.4. The highest BCUT2D eigenvalue weighted by atomic mass is 31.2. The molecule has 0 spiro atoms. The van der Waals surface area contributed by atoms with Crippen LogP contribution in [-0.2, 0) is 32.7 Å². The van der Waals surface area contributed by atoms with E-state index in [0.717, 1.165) is 44.9 Å². The zero-order valence-electron chi connectivity index (χ0n) is 63.4. The number of hydrogen-bond donors (Lipinski definition) is 0. The van der Waals surface area contributed by atoms with E-state index in [2.05, 4.69) is 62.5 Å². The Morgan fingerprint density at radius 2 is 0.574 bits per heavy atom. The number of phosphoric acid groups is 1. The predicted molar refractivity (Wildman–Crippen MR) is 407 cm³/mol. The lowest BCUT2D eigenvalue weighted by molar-refractivity contribution is -0.870. The summed E-state index contributed by atoms with van der Waals surface area (Å²) in [6.07, 6.45) is 99.7. The Kier molecular flexibility index (Phi) is 73.6. The summed E-state index contributed by atoms with van der Waals surface area (Å²) in [6.45, 7) is 4.31. The number of ether oxygens (including phenoxy) is 2. The van der Waals surface area contributed by atoms with Crippen LogP contribution in [-0.4, -0.2) is 70.0 Å². The molecule has 0 bridgehead atoms. The average molecular weight is 1340 g/mol. The highest BCUT2D eigenvalue weighted by molar-refractivity contribution is 7.45. The molecule has 2 atom stereocenters. The van der Waals surface area contributed by atoms with Crippen LogP contribution in [0.3, 0.4) is 0 Å². The Balaban J connectivity index is 3.88. The number of hydrogen-bond acceptors (Lipinski definition) is 8. The van der Waals surface area contributed by atoms with Crippen LogP contribution in [0.15, 0.2) is 48.6 Å². The summed E-state index contributed by atoms with van der Waals surface area (Å²) >= 11 is 0. The minimum atomic E-state index is -4.64. The average Bonchev–Trinajstić information content (AvgIpc) is 1.57. The number of carbonyl (C=O) groups excluding carboxylic acids is 2. The zero-order chi connectivity index (χ0) is 68.3. The summed E-state index contributed by atoms with van der Waals surface area (Å²) in [4.78, 5) is 38.2. The smallest absolute Gasteiger partial charge is 0.306 e. The maximum atomic E-state index is 12.9. The first kappa shape index (κ1) is 92.0. The van der Waals surface area contributed by atoms with Crippen molar-refractivity contribution in [3.63, 3.8) is 0 Å². The maximum Gasteiger partial charge on any atom is 0.306 e. The van der Waals surface area contributed by atoms with E-state index in [1.807, 2.05) is 21.1 Å². The lowest BCUT2D eigenvalue weighted by Crippen LogP contribution is -2.37. The number of nitrogens with zero attached hydrogens (tertiary/aromatic N) is 1.